The van der Waals surface area contributed by atoms with Gasteiger partial charge in [-0.2, -0.15) is 0 Å². The van der Waals surface area contributed by atoms with Crippen LogP contribution in [-0.2, 0) is 6.54 Å². The molecule has 0 spiro atoms. The zero-order chi connectivity index (χ0) is 13.7. The molecular weight excluding hydrogens is 264 g/mol. The highest BCUT2D eigenvalue weighted by Crippen LogP contribution is 2.13. The Bertz CT molecular complexity index is 571. The lowest BCUT2D eigenvalue weighted by Gasteiger charge is -2.07. The second-order valence-electron chi connectivity index (χ2n) is 3.97. The average molecular weight is 277 g/mol. The van der Waals surface area contributed by atoms with E-state index in [1.807, 2.05) is 13.0 Å². The van der Waals surface area contributed by atoms with Crippen LogP contribution in [0.1, 0.15) is 11.4 Å². The molecule has 6 heteroatoms. The van der Waals surface area contributed by atoms with Gasteiger partial charge in [-0.15, -0.1) is 0 Å². The van der Waals surface area contributed by atoms with Crippen molar-refractivity contribution in [1.82, 2.24) is 15.3 Å². The van der Waals surface area contributed by atoms with Crippen molar-refractivity contribution < 1.29 is 4.79 Å². The highest BCUT2D eigenvalue weighted by molar-refractivity contribution is 6.30. The molecule has 0 radical (unpaired) electrons. The smallest absolute Gasteiger partial charge is 0.319 e. The minimum Gasteiger partial charge on any atom is -0.332 e. The molecule has 2 N–H and O–H groups in total. The maximum Gasteiger partial charge on any atom is 0.319 e. The fourth-order valence-corrected chi connectivity index (χ4v) is 1.61. The summed E-state index contributed by atoms with van der Waals surface area (Å²) in [4.78, 5) is 19.7. The summed E-state index contributed by atoms with van der Waals surface area (Å²) < 4.78 is 0. The lowest BCUT2D eigenvalue weighted by Crippen LogP contribution is -2.28. The van der Waals surface area contributed by atoms with E-state index >= 15 is 0 Å². The predicted octanol–water partition coefficient (Wildman–Crippen LogP) is 2.76. The van der Waals surface area contributed by atoms with Crippen LogP contribution in [0.5, 0.6) is 0 Å². The zero-order valence-electron chi connectivity index (χ0n) is 10.4. The summed E-state index contributed by atoms with van der Waals surface area (Å²) in [6.07, 6.45) is 1.48. The molecule has 0 atom stereocenters. The van der Waals surface area contributed by atoms with Crippen LogP contribution in [0, 0.1) is 6.92 Å². The third-order valence-electron chi connectivity index (χ3n) is 2.39. The van der Waals surface area contributed by atoms with Gasteiger partial charge in [0.25, 0.3) is 0 Å². The molecule has 0 aliphatic heterocycles. The topological polar surface area (TPSA) is 66.9 Å². The molecule has 0 fully saturated rings. The van der Waals surface area contributed by atoms with Crippen LogP contribution in [0.4, 0.5) is 10.5 Å². The Balaban J connectivity index is 1.86. The zero-order valence-corrected chi connectivity index (χ0v) is 11.1. The first-order valence-corrected chi connectivity index (χ1v) is 6.09. The van der Waals surface area contributed by atoms with Crippen molar-refractivity contribution in [3.63, 3.8) is 0 Å². The average Bonchev–Trinajstić information content (AvgIpc) is 2.39. The number of amides is 2. The largest absolute Gasteiger partial charge is 0.332 e. The van der Waals surface area contributed by atoms with E-state index in [4.69, 9.17) is 11.6 Å². The van der Waals surface area contributed by atoms with Gasteiger partial charge in [-0.05, 0) is 37.3 Å². The van der Waals surface area contributed by atoms with Gasteiger partial charge in [0.1, 0.15) is 6.33 Å². The van der Waals surface area contributed by atoms with Gasteiger partial charge in [-0.3, -0.25) is 0 Å². The van der Waals surface area contributed by atoms with Crippen LogP contribution in [0.15, 0.2) is 36.7 Å². The molecule has 5 nitrogen and oxygen atoms in total. The standard InChI is InChI=1S/C13H13ClN4O/c1-9-6-12(17-8-16-9)7-15-13(19)18-11-4-2-10(14)3-5-11/h2-6,8H,7H2,1H3,(H2,15,18,19). The first-order valence-electron chi connectivity index (χ1n) is 5.71. The van der Waals surface area contributed by atoms with Crippen LogP contribution in [0.2, 0.25) is 5.02 Å². The molecule has 19 heavy (non-hydrogen) atoms. The highest BCUT2D eigenvalue weighted by Gasteiger charge is 2.02. The van der Waals surface area contributed by atoms with E-state index in [0.717, 1.165) is 11.4 Å². The summed E-state index contributed by atoms with van der Waals surface area (Å²) >= 11 is 5.76. The van der Waals surface area contributed by atoms with Crippen molar-refractivity contribution in [3.8, 4) is 0 Å². The number of hydrogen-bond acceptors (Lipinski definition) is 3. The summed E-state index contributed by atoms with van der Waals surface area (Å²) in [5.41, 5.74) is 2.31. The number of halogens is 1. The van der Waals surface area contributed by atoms with Crippen LogP contribution >= 0.6 is 11.6 Å². The summed E-state index contributed by atoms with van der Waals surface area (Å²) in [5.74, 6) is 0. The van der Waals surface area contributed by atoms with Crippen molar-refractivity contribution in [2.45, 2.75) is 13.5 Å². The van der Waals surface area contributed by atoms with Gasteiger partial charge in [-0.25, -0.2) is 14.8 Å². The Morgan fingerprint density at radius 3 is 2.68 bits per heavy atom. The van der Waals surface area contributed by atoms with Gasteiger partial charge in [0.15, 0.2) is 0 Å². The molecule has 0 unspecified atom stereocenters. The van der Waals surface area contributed by atoms with Gasteiger partial charge in [-0.1, -0.05) is 11.6 Å². The Morgan fingerprint density at radius 2 is 2.00 bits per heavy atom. The van der Waals surface area contributed by atoms with Gasteiger partial charge < -0.3 is 10.6 Å². The molecule has 98 valence electrons. The van der Waals surface area contributed by atoms with Crippen molar-refractivity contribution in [2.24, 2.45) is 0 Å². The third kappa shape index (κ3) is 4.22. The number of anilines is 1. The summed E-state index contributed by atoms with van der Waals surface area (Å²) in [5, 5.41) is 6.05. The minimum atomic E-state index is -0.293. The molecule has 1 heterocycles. The van der Waals surface area contributed by atoms with E-state index in [0.29, 0.717) is 17.3 Å². The Labute approximate surface area is 116 Å². The second-order valence-corrected chi connectivity index (χ2v) is 4.40. The molecule has 2 aromatic rings. The summed E-state index contributed by atoms with van der Waals surface area (Å²) in [7, 11) is 0. The molecule has 0 bridgehead atoms. The molecule has 1 aromatic carbocycles. The lowest BCUT2D eigenvalue weighted by molar-refractivity contribution is 0.251. The second kappa shape index (κ2) is 6.15. The lowest BCUT2D eigenvalue weighted by atomic mass is 10.3. The number of nitrogens with one attached hydrogen (secondary N) is 2. The molecule has 1 aromatic heterocycles. The number of benzene rings is 1. The molecule has 2 rings (SSSR count). The van der Waals surface area contributed by atoms with Crippen molar-refractivity contribution in [2.75, 3.05) is 5.32 Å². The SMILES string of the molecule is Cc1cc(CNC(=O)Nc2ccc(Cl)cc2)ncn1. The van der Waals surface area contributed by atoms with Gasteiger partial charge in [0.05, 0.1) is 12.2 Å². The first-order chi connectivity index (χ1) is 9.13. The van der Waals surface area contributed by atoms with Crippen molar-refractivity contribution >= 4 is 23.3 Å². The number of aromatic nitrogens is 2. The number of rotatable bonds is 3. The molecule has 0 saturated heterocycles. The Hall–Kier alpha value is -2.14. The van der Waals surface area contributed by atoms with E-state index < -0.39 is 0 Å². The van der Waals surface area contributed by atoms with Crippen LogP contribution < -0.4 is 10.6 Å². The first kappa shape index (κ1) is 13.3. The number of urea groups is 1. The van der Waals surface area contributed by atoms with Gasteiger partial charge in [0, 0.05) is 16.4 Å². The maximum absolute atomic E-state index is 11.7. The predicted molar refractivity (Wildman–Crippen MR) is 74.1 cm³/mol. The van der Waals surface area contributed by atoms with E-state index in [1.165, 1.54) is 6.33 Å². The van der Waals surface area contributed by atoms with Crippen molar-refractivity contribution in [3.05, 3.63) is 53.1 Å². The maximum atomic E-state index is 11.7. The number of aryl methyl sites for hydroxylation is 1. The van der Waals surface area contributed by atoms with E-state index in [2.05, 4.69) is 20.6 Å². The van der Waals surface area contributed by atoms with Crippen LogP contribution in [0.3, 0.4) is 0 Å². The molecule has 0 saturated carbocycles. The Kier molecular flexibility index (Phi) is 4.30. The number of carbonyl (C=O) groups excluding carboxylic acids is 1. The molecular formula is C13H13ClN4O. The summed E-state index contributed by atoms with van der Waals surface area (Å²) in [6.45, 7) is 2.22. The molecule has 0 aliphatic rings. The minimum absolute atomic E-state index is 0.293. The van der Waals surface area contributed by atoms with Gasteiger partial charge in [0.2, 0.25) is 0 Å². The summed E-state index contributed by atoms with van der Waals surface area (Å²) in [6, 6.07) is 8.42. The van der Waals surface area contributed by atoms with Gasteiger partial charge >= 0.3 is 6.03 Å². The quantitative estimate of drug-likeness (QED) is 0.906. The molecule has 2 amide bonds. The van der Waals surface area contributed by atoms with E-state index in [9.17, 15) is 4.79 Å². The van der Waals surface area contributed by atoms with Crippen LogP contribution in [-0.4, -0.2) is 16.0 Å². The number of hydrogen-bond donors (Lipinski definition) is 2. The number of carbonyl (C=O) groups is 1. The highest BCUT2D eigenvalue weighted by atomic mass is 35.5. The normalized spacial score (nSPS) is 10.0. The molecule has 0 aliphatic carbocycles. The fraction of sp³-hybridized carbons (Fsp3) is 0.154. The van der Waals surface area contributed by atoms with E-state index in [-0.39, 0.29) is 6.03 Å². The number of nitrogens with zero attached hydrogens (tertiary/aromatic N) is 2. The monoisotopic (exact) mass is 276 g/mol. The fourth-order valence-electron chi connectivity index (χ4n) is 1.49. The third-order valence-corrected chi connectivity index (χ3v) is 2.64. The van der Waals surface area contributed by atoms with Crippen LogP contribution in [0.25, 0.3) is 0 Å². The van der Waals surface area contributed by atoms with Crippen molar-refractivity contribution in [1.29, 1.82) is 0 Å². The Morgan fingerprint density at radius 1 is 1.26 bits per heavy atom. The van der Waals surface area contributed by atoms with E-state index in [1.54, 1.807) is 24.3 Å².